The van der Waals surface area contributed by atoms with Gasteiger partial charge in [-0.25, -0.2) is 0 Å². The van der Waals surface area contributed by atoms with E-state index in [0.29, 0.717) is 5.54 Å². The topological polar surface area (TPSA) is 12.5 Å². The average Bonchev–Trinajstić information content (AvgIpc) is 2.32. The van der Waals surface area contributed by atoms with Crippen molar-refractivity contribution in [2.24, 2.45) is 5.92 Å². The van der Waals surface area contributed by atoms with E-state index in [2.05, 4.69) is 25.8 Å². The van der Waals surface area contributed by atoms with Crippen molar-refractivity contribution in [3.8, 4) is 0 Å². The highest BCUT2D eigenvalue weighted by molar-refractivity contribution is 4.94. The van der Waals surface area contributed by atoms with Gasteiger partial charge in [-0.05, 0) is 38.8 Å². The molecule has 0 spiro atoms. The average molecular weight is 185 g/mol. The van der Waals surface area contributed by atoms with Crippen LogP contribution in [0.2, 0.25) is 0 Å². The van der Waals surface area contributed by atoms with Crippen molar-refractivity contribution in [2.45, 2.75) is 38.6 Å². The highest BCUT2D eigenvalue weighted by Gasteiger charge is 2.38. The van der Waals surface area contributed by atoms with Gasteiger partial charge in [0.25, 0.3) is 0 Å². The van der Waals surface area contributed by atoms with E-state index in [4.69, 9.17) is 4.74 Å². The summed E-state index contributed by atoms with van der Waals surface area (Å²) in [5.74, 6) is 0.760. The molecule has 0 saturated carbocycles. The monoisotopic (exact) mass is 185 g/mol. The first kappa shape index (κ1) is 11.0. The molecule has 78 valence electrons. The van der Waals surface area contributed by atoms with Crippen LogP contribution in [0.3, 0.4) is 0 Å². The third-order valence-electron chi connectivity index (χ3n) is 3.15. The molecule has 0 radical (unpaired) electrons. The molecule has 0 N–H and O–H groups in total. The van der Waals surface area contributed by atoms with Crippen LogP contribution < -0.4 is 0 Å². The van der Waals surface area contributed by atoms with Crippen molar-refractivity contribution in [3.05, 3.63) is 0 Å². The van der Waals surface area contributed by atoms with E-state index in [1.807, 2.05) is 7.11 Å². The van der Waals surface area contributed by atoms with Crippen LogP contribution in [0.25, 0.3) is 0 Å². The van der Waals surface area contributed by atoms with Crippen LogP contribution in [0, 0.1) is 5.92 Å². The van der Waals surface area contributed by atoms with Gasteiger partial charge in [0, 0.05) is 12.6 Å². The minimum atomic E-state index is 0.336. The number of likely N-dealkylation sites (tertiary alicyclic amines) is 1. The van der Waals surface area contributed by atoms with Crippen molar-refractivity contribution >= 4 is 0 Å². The number of hydrogen-bond acceptors (Lipinski definition) is 2. The number of rotatable bonds is 4. The highest BCUT2D eigenvalue weighted by Crippen LogP contribution is 2.33. The lowest BCUT2D eigenvalue weighted by Crippen LogP contribution is -2.46. The second kappa shape index (κ2) is 4.43. The molecule has 0 aromatic carbocycles. The van der Waals surface area contributed by atoms with Crippen molar-refractivity contribution in [1.82, 2.24) is 4.90 Å². The zero-order valence-electron chi connectivity index (χ0n) is 9.47. The van der Waals surface area contributed by atoms with Gasteiger partial charge in [-0.15, -0.1) is 0 Å². The Morgan fingerprint density at radius 3 is 2.54 bits per heavy atom. The Morgan fingerprint density at radius 2 is 2.15 bits per heavy atom. The highest BCUT2D eigenvalue weighted by atomic mass is 16.5. The van der Waals surface area contributed by atoms with Gasteiger partial charge in [-0.3, -0.25) is 4.90 Å². The normalized spacial score (nSPS) is 30.2. The van der Waals surface area contributed by atoms with E-state index in [-0.39, 0.29) is 0 Å². The number of likely N-dealkylation sites (N-methyl/N-ethyl adjacent to an activating group) is 1. The third-order valence-corrected chi connectivity index (χ3v) is 3.15. The SMILES string of the molecule is COCC1(CC(C)C)CCCN1C. The van der Waals surface area contributed by atoms with E-state index in [0.717, 1.165) is 12.5 Å². The Morgan fingerprint density at radius 1 is 1.46 bits per heavy atom. The first-order valence-corrected chi connectivity index (χ1v) is 5.31. The van der Waals surface area contributed by atoms with Gasteiger partial charge in [0.05, 0.1) is 6.61 Å². The molecule has 1 fully saturated rings. The molecule has 1 atom stereocenters. The smallest absolute Gasteiger partial charge is 0.0646 e. The Hall–Kier alpha value is -0.0800. The Bertz CT molecular complexity index is 158. The lowest BCUT2D eigenvalue weighted by Gasteiger charge is -2.37. The van der Waals surface area contributed by atoms with E-state index >= 15 is 0 Å². The summed E-state index contributed by atoms with van der Waals surface area (Å²) in [5.41, 5.74) is 0.336. The van der Waals surface area contributed by atoms with Crippen LogP contribution in [-0.4, -0.2) is 37.7 Å². The molecule has 13 heavy (non-hydrogen) atoms. The molecule has 1 heterocycles. The Kier molecular flexibility index (Phi) is 3.74. The number of ether oxygens (including phenoxy) is 1. The molecule has 1 saturated heterocycles. The molecule has 2 heteroatoms. The van der Waals surface area contributed by atoms with Gasteiger partial charge >= 0.3 is 0 Å². The largest absolute Gasteiger partial charge is 0.383 e. The Labute approximate surface area is 82.3 Å². The molecule has 0 amide bonds. The first-order valence-electron chi connectivity index (χ1n) is 5.31. The molecule has 1 aliphatic rings. The zero-order valence-corrected chi connectivity index (χ0v) is 9.47. The van der Waals surface area contributed by atoms with Gasteiger partial charge in [0.2, 0.25) is 0 Å². The van der Waals surface area contributed by atoms with Crippen LogP contribution in [-0.2, 0) is 4.74 Å². The standard InChI is InChI=1S/C11H23NO/c1-10(2)8-11(9-13-4)6-5-7-12(11)3/h10H,5-9H2,1-4H3. The van der Waals surface area contributed by atoms with Gasteiger partial charge < -0.3 is 4.74 Å². The lowest BCUT2D eigenvalue weighted by molar-refractivity contribution is 0.0380. The third kappa shape index (κ3) is 2.44. The van der Waals surface area contributed by atoms with Crippen LogP contribution >= 0.6 is 0 Å². The molecule has 0 aliphatic carbocycles. The van der Waals surface area contributed by atoms with E-state index in [9.17, 15) is 0 Å². The maximum Gasteiger partial charge on any atom is 0.0646 e. The molecule has 1 unspecified atom stereocenters. The van der Waals surface area contributed by atoms with Crippen LogP contribution in [0.15, 0.2) is 0 Å². The summed E-state index contributed by atoms with van der Waals surface area (Å²) in [6, 6.07) is 0. The summed E-state index contributed by atoms with van der Waals surface area (Å²) in [6.07, 6.45) is 3.89. The van der Waals surface area contributed by atoms with Crippen molar-refractivity contribution in [1.29, 1.82) is 0 Å². The number of hydrogen-bond donors (Lipinski definition) is 0. The minimum Gasteiger partial charge on any atom is -0.383 e. The quantitative estimate of drug-likeness (QED) is 0.665. The molecule has 1 rings (SSSR count). The second-order valence-electron chi connectivity index (χ2n) is 4.78. The minimum absolute atomic E-state index is 0.336. The predicted molar refractivity (Wildman–Crippen MR) is 55.9 cm³/mol. The maximum atomic E-state index is 5.36. The lowest BCUT2D eigenvalue weighted by atomic mass is 9.87. The van der Waals surface area contributed by atoms with Gasteiger partial charge in [0.1, 0.15) is 0 Å². The molecule has 0 aromatic heterocycles. The summed E-state index contributed by atoms with van der Waals surface area (Å²) < 4.78 is 5.36. The fourth-order valence-electron chi connectivity index (χ4n) is 2.60. The fourth-order valence-corrected chi connectivity index (χ4v) is 2.60. The van der Waals surface area contributed by atoms with E-state index < -0.39 is 0 Å². The fraction of sp³-hybridized carbons (Fsp3) is 1.00. The summed E-state index contributed by atoms with van der Waals surface area (Å²) in [5, 5.41) is 0. The van der Waals surface area contributed by atoms with Crippen LogP contribution in [0.1, 0.15) is 33.1 Å². The molecule has 0 aromatic rings. The first-order chi connectivity index (χ1) is 6.10. The van der Waals surface area contributed by atoms with Gasteiger partial charge in [-0.1, -0.05) is 13.8 Å². The number of nitrogens with zero attached hydrogens (tertiary/aromatic N) is 1. The van der Waals surface area contributed by atoms with Crippen molar-refractivity contribution in [3.63, 3.8) is 0 Å². The van der Waals surface area contributed by atoms with Gasteiger partial charge in [0.15, 0.2) is 0 Å². The summed E-state index contributed by atoms with van der Waals surface area (Å²) in [6.45, 7) is 6.71. The Balaban J connectivity index is 2.62. The maximum absolute atomic E-state index is 5.36. The van der Waals surface area contributed by atoms with Crippen LogP contribution in [0.4, 0.5) is 0 Å². The van der Waals surface area contributed by atoms with Crippen molar-refractivity contribution < 1.29 is 4.74 Å². The molecular formula is C11H23NO. The zero-order chi connectivity index (χ0) is 9.90. The van der Waals surface area contributed by atoms with Crippen molar-refractivity contribution in [2.75, 3.05) is 27.3 Å². The summed E-state index contributed by atoms with van der Waals surface area (Å²) in [7, 11) is 4.04. The molecular weight excluding hydrogens is 162 g/mol. The molecule has 1 aliphatic heterocycles. The van der Waals surface area contributed by atoms with E-state index in [1.165, 1.54) is 25.8 Å². The van der Waals surface area contributed by atoms with E-state index in [1.54, 1.807) is 0 Å². The van der Waals surface area contributed by atoms with Crippen LogP contribution in [0.5, 0.6) is 0 Å². The molecule has 0 bridgehead atoms. The predicted octanol–water partition coefficient (Wildman–Crippen LogP) is 2.14. The summed E-state index contributed by atoms with van der Waals surface area (Å²) in [4.78, 5) is 2.48. The van der Waals surface area contributed by atoms with Gasteiger partial charge in [-0.2, -0.15) is 0 Å². The molecule has 2 nitrogen and oxygen atoms in total. The second-order valence-corrected chi connectivity index (χ2v) is 4.78. The number of methoxy groups -OCH3 is 1. The summed E-state index contributed by atoms with van der Waals surface area (Å²) >= 11 is 0.